The van der Waals surface area contributed by atoms with Crippen LogP contribution in [-0.4, -0.2) is 26.4 Å². The molecule has 0 saturated carbocycles. The molecule has 1 fully saturated rings. The SMILES string of the molecule is Cc1ccc(S(=O)(=O)Nc2ccc(CN3CCCCC3)cc2)c(C)c1. The number of anilines is 1. The number of likely N-dealkylation sites (tertiary alicyclic amines) is 1. The van der Waals surface area contributed by atoms with E-state index in [4.69, 9.17) is 0 Å². The van der Waals surface area contributed by atoms with E-state index in [0.717, 1.165) is 30.8 Å². The highest BCUT2D eigenvalue weighted by molar-refractivity contribution is 7.92. The van der Waals surface area contributed by atoms with Gasteiger partial charge < -0.3 is 0 Å². The molecule has 0 spiro atoms. The standard InChI is InChI=1S/C20H26N2O2S/c1-16-6-11-20(17(2)14-16)25(23,24)21-19-9-7-18(8-10-19)15-22-12-4-3-5-13-22/h6-11,14,21H,3-5,12-13,15H2,1-2H3. The number of rotatable bonds is 5. The molecule has 0 atom stereocenters. The number of sulfonamides is 1. The molecule has 5 heteroatoms. The van der Waals surface area contributed by atoms with E-state index in [-0.39, 0.29) is 0 Å². The summed E-state index contributed by atoms with van der Waals surface area (Å²) in [7, 11) is -3.56. The van der Waals surface area contributed by atoms with Crippen molar-refractivity contribution in [3.8, 4) is 0 Å². The zero-order valence-electron chi connectivity index (χ0n) is 15.0. The Morgan fingerprint density at radius 3 is 2.28 bits per heavy atom. The summed E-state index contributed by atoms with van der Waals surface area (Å²) < 4.78 is 27.9. The fourth-order valence-corrected chi connectivity index (χ4v) is 4.65. The van der Waals surface area contributed by atoms with Crippen molar-refractivity contribution in [1.29, 1.82) is 0 Å². The minimum atomic E-state index is -3.56. The average Bonchev–Trinajstić information content (AvgIpc) is 2.57. The Hall–Kier alpha value is -1.85. The van der Waals surface area contributed by atoms with Crippen LogP contribution in [-0.2, 0) is 16.6 Å². The van der Waals surface area contributed by atoms with Crippen molar-refractivity contribution >= 4 is 15.7 Å². The van der Waals surface area contributed by atoms with Crippen LogP contribution in [0, 0.1) is 13.8 Å². The first-order valence-corrected chi connectivity index (χ1v) is 10.3. The first-order valence-electron chi connectivity index (χ1n) is 8.85. The van der Waals surface area contributed by atoms with Crippen LogP contribution in [0.5, 0.6) is 0 Å². The van der Waals surface area contributed by atoms with Crippen LogP contribution in [0.25, 0.3) is 0 Å². The summed E-state index contributed by atoms with van der Waals surface area (Å²) in [4.78, 5) is 2.79. The quantitative estimate of drug-likeness (QED) is 0.876. The van der Waals surface area contributed by atoms with Gasteiger partial charge in [0.05, 0.1) is 4.90 Å². The topological polar surface area (TPSA) is 49.4 Å². The van der Waals surface area contributed by atoms with Gasteiger partial charge in [-0.25, -0.2) is 8.42 Å². The van der Waals surface area contributed by atoms with Crippen molar-refractivity contribution in [2.24, 2.45) is 0 Å². The van der Waals surface area contributed by atoms with E-state index in [0.29, 0.717) is 10.6 Å². The van der Waals surface area contributed by atoms with Crippen LogP contribution in [0.4, 0.5) is 5.69 Å². The highest BCUT2D eigenvalue weighted by atomic mass is 32.2. The number of piperidine rings is 1. The van der Waals surface area contributed by atoms with Crippen LogP contribution in [0.15, 0.2) is 47.4 Å². The third kappa shape index (κ3) is 4.61. The fraction of sp³-hybridized carbons (Fsp3) is 0.400. The number of hydrogen-bond donors (Lipinski definition) is 1. The monoisotopic (exact) mass is 358 g/mol. The first-order chi connectivity index (χ1) is 11.9. The number of nitrogens with zero attached hydrogens (tertiary/aromatic N) is 1. The maximum absolute atomic E-state index is 12.6. The number of hydrogen-bond acceptors (Lipinski definition) is 3. The van der Waals surface area contributed by atoms with E-state index in [2.05, 4.69) is 9.62 Å². The third-order valence-electron chi connectivity index (χ3n) is 4.68. The molecule has 0 aliphatic carbocycles. The second-order valence-electron chi connectivity index (χ2n) is 6.91. The van der Waals surface area contributed by atoms with Crippen LogP contribution >= 0.6 is 0 Å². The molecule has 1 saturated heterocycles. The minimum absolute atomic E-state index is 0.329. The molecule has 1 heterocycles. The lowest BCUT2D eigenvalue weighted by Crippen LogP contribution is -2.29. The second kappa shape index (κ2) is 7.58. The van der Waals surface area contributed by atoms with Crippen LogP contribution in [0.1, 0.15) is 36.0 Å². The van der Waals surface area contributed by atoms with Crippen molar-refractivity contribution in [2.75, 3.05) is 17.8 Å². The minimum Gasteiger partial charge on any atom is -0.299 e. The summed E-state index contributed by atoms with van der Waals surface area (Å²) in [5.74, 6) is 0. The van der Waals surface area contributed by atoms with Gasteiger partial charge in [0.25, 0.3) is 10.0 Å². The Labute approximate surface area is 150 Å². The maximum Gasteiger partial charge on any atom is 0.262 e. The molecule has 0 radical (unpaired) electrons. The molecule has 0 aromatic heterocycles. The molecule has 4 nitrogen and oxygen atoms in total. The van der Waals surface area contributed by atoms with Gasteiger partial charge >= 0.3 is 0 Å². The van der Waals surface area contributed by atoms with Crippen LogP contribution in [0.2, 0.25) is 0 Å². The smallest absolute Gasteiger partial charge is 0.262 e. The summed E-state index contributed by atoms with van der Waals surface area (Å²) in [6.07, 6.45) is 3.87. The zero-order chi connectivity index (χ0) is 17.9. The fourth-order valence-electron chi connectivity index (χ4n) is 3.36. The van der Waals surface area contributed by atoms with Crippen molar-refractivity contribution in [3.05, 3.63) is 59.2 Å². The van der Waals surface area contributed by atoms with Gasteiger partial charge in [0.2, 0.25) is 0 Å². The maximum atomic E-state index is 12.6. The summed E-state index contributed by atoms with van der Waals surface area (Å²) in [5, 5.41) is 0. The summed E-state index contributed by atoms with van der Waals surface area (Å²) in [6.45, 7) is 7.02. The van der Waals surface area contributed by atoms with Gasteiger partial charge in [0.1, 0.15) is 0 Å². The highest BCUT2D eigenvalue weighted by Gasteiger charge is 2.17. The third-order valence-corrected chi connectivity index (χ3v) is 6.22. The predicted octanol–water partition coefficient (Wildman–Crippen LogP) is 4.09. The van der Waals surface area contributed by atoms with Crippen molar-refractivity contribution in [3.63, 3.8) is 0 Å². The molecule has 3 rings (SSSR count). The van der Waals surface area contributed by atoms with E-state index < -0.39 is 10.0 Å². The van der Waals surface area contributed by atoms with Gasteiger partial charge in [0.15, 0.2) is 0 Å². The molecule has 2 aromatic rings. The normalized spacial score (nSPS) is 15.9. The summed E-state index contributed by atoms with van der Waals surface area (Å²) in [6, 6.07) is 13.1. The molecule has 1 aliphatic heterocycles. The molecular formula is C20H26N2O2S. The van der Waals surface area contributed by atoms with Gasteiger partial charge in [-0.05, 0) is 69.1 Å². The van der Waals surface area contributed by atoms with E-state index in [1.165, 1.54) is 24.8 Å². The Balaban J connectivity index is 1.69. The van der Waals surface area contributed by atoms with Gasteiger partial charge in [-0.1, -0.05) is 36.2 Å². The Kier molecular flexibility index (Phi) is 5.45. The van der Waals surface area contributed by atoms with E-state index in [1.54, 1.807) is 6.07 Å². The first kappa shape index (κ1) is 18.0. The van der Waals surface area contributed by atoms with Crippen molar-refractivity contribution in [1.82, 2.24) is 4.90 Å². The highest BCUT2D eigenvalue weighted by Crippen LogP contribution is 2.21. The van der Waals surface area contributed by atoms with E-state index >= 15 is 0 Å². The molecule has 134 valence electrons. The molecule has 0 bridgehead atoms. The lowest BCUT2D eigenvalue weighted by atomic mass is 10.1. The van der Waals surface area contributed by atoms with Crippen LogP contribution in [0.3, 0.4) is 0 Å². The molecule has 2 aromatic carbocycles. The van der Waals surface area contributed by atoms with E-state index in [9.17, 15) is 8.42 Å². The Bertz CT molecular complexity index is 823. The second-order valence-corrected chi connectivity index (χ2v) is 8.56. The zero-order valence-corrected chi connectivity index (χ0v) is 15.8. The van der Waals surface area contributed by atoms with Crippen molar-refractivity contribution in [2.45, 2.75) is 44.6 Å². The van der Waals surface area contributed by atoms with Crippen molar-refractivity contribution < 1.29 is 8.42 Å². The molecular weight excluding hydrogens is 332 g/mol. The van der Waals surface area contributed by atoms with E-state index in [1.807, 2.05) is 50.2 Å². The number of aryl methyl sites for hydroxylation is 2. The molecule has 1 aliphatic rings. The number of nitrogens with one attached hydrogen (secondary N) is 1. The predicted molar refractivity (Wildman–Crippen MR) is 102 cm³/mol. The average molecular weight is 359 g/mol. The Morgan fingerprint density at radius 2 is 1.64 bits per heavy atom. The Morgan fingerprint density at radius 1 is 0.960 bits per heavy atom. The lowest BCUT2D eigenvalue weighted by molar-refractivity contribution is 0.221. The molecule has 1 N–H and O–H groups in total. The van der Waals surface area contributed by atoms with Gasteiger partial charge in [-0.2, -0.15) is 0 Å². The molecule has 0 amide bonds. The summed E-state index contributed by atoms with van der Waals surface area (Å²) in [5.41, 5.74) is 3.63. The largest absolute Gasteiger partial charge is 0.299 e. The lowest BCUT2D eigenvalue weighted by Gasteiger charge is -2.26. The van der Waals surface area contributed by atoms with Gasteiger partial charge in [0, 0.05) is 12.2 Å². The van der Waals surface area contributed by atoms with Gasteiger partial charge in [-0.3, -0.25) is 9.62 Å². The van der Waals surface area contributed by atoms with Gasteiger partial charge in [-0.15, -0.1) is 0 Å². The molecule has 0 unspecified atom stereocenters. The number of benzene rings is 2. The summed E-state index contributed by atoms with van der Waals surface area (Å²) >= 11 is 0. The van der Waals surface area contributed by atoms with Crippen LogP contribution < -0.4 is 4.72 Å². The molecule has 25 heavy (non-hydrogen) atoms.